The smallest absolute Gasteiger partial charge is 0.131 e. The Hall–Kier alpha value is -4.64. The standard InChI is InChI=1S/C33H32O5/c1-34-27-15-10-23(11-16-27)9-14-26-21-30(37-4)22-32(38-5)33(26)31(25-7-6-8-29(20-25)36-3)19-24-12-17-28(35-2)18-13-24/h6-22H,1-5H3/b14-9+,31-19+. The second-order valence-electron chi connectivity index (χ2n) is 8.46. The molecular formula is C33H32O5. The van der Waals surface area contributed by atoms with Gasteiger partial charge in [0.1, 0.15) is 28.7 Å². The average Bonchev–Trinajstić information content (AvgIpc) is 2.99. The van der Waals surface area contributed by atoms with Crippen LogP contribution in [-0.4, -0.2) is 35.5 Å². The zero-order valence-electron chi connectivity index (χ0n) is 22.4. The van der Waals surface area contributed by atoms with E-state index in [9.17, 15) is 0 Å². The molecule has 4 aromatic rings. The van der Waals surface area contributed by atoms with Gasteiger partial charge in [0.15, 0.2) is 0 Å². The summed E-state index contributed by atoms with van der Waals surface area (Å²) in [5, 5.41) is 0. The van der Waals surface area contributed by atoms with E-state index in [1.54, 1.807) is 35.5 Å². The number of hydrogen-bond acceptors (Lipinski definition) is 5. The van der Waals surface area contributed by atoms with Crippen molar-refractivity contribution in [3.05, 3.63) is 113 Å². The van der Waals surface area contributed by atoms with Gasteiger partial charge in [0.2, 0.25) is 0 Å². The highest BCUT2D eigenvalue weighted by Crippen LogP contribution is 2.40. The molecule has 0 saturated carbocycles. The van der Waals surface area contributed by atoms with Crippen LogP contribution in [0.15, 0.2) is 84.9 Å². The molecule has 0 atom stereocenters. The quantitative estimate of drug-likeness (QED) is 0.208. The third-order valence-corrected chi connectivity index (χ3v) is 6.21. The summed E-state index contributed by atoms with van der Waals surface area (Å²) in [5.41, 5.74) is 5.90. The summed E-state index contributed by atoms with van der Waals surface area (Å²) >= 11 is 0. The molecule has 194 valence electrons. The summed E-state index contributed by atoms with van der Waals surface area (Å²) in [7, 11) is 8.32. The van der Waals surface area contributed by atoms with Crippen molar-refractivity contribution in [1.82, 2.24) is 0 Å². The van der Waals surface area contributed by atoms with Gasteiger partial charge in [-0.1, -0.05) is 48.6 Å². The van der Waals surface area contributed by atoms with E-state index in [1.165, 1.54) is 0 Å². The van der Waals surface area contributed by atoms with E-state index in [2.05, 4.69) is 24.3 Å². The third kappa shape index (κ3) is 6.19. The second kappa shape index (κ2) is 12.5. The van der Waals surface area contributed by atoms with Crippen molar-refractivity contribution in [1.29, 1.82) is 0 Å². The van der Waals surface area contributed by atoms with E-state index in [-0.39, 0.29) is 0 Å². The third-order valence-electron chi connectivity index (χ3n) is 6.21. The van der Waals surface area contributed by atoms with Gasteiger partial charge < -0.3 is 23.7 Å². The van der Waals surface area contributed by atoms with Gasteiger partial charge in [0.05, 0.1) is 35.5 Å². The first-order valence-corrected chi connectivity index (χ1v) is 12.2. The Morgan fingerprint density at radius 1 is 0.526 bits per heavy atom. The molecule has 4 rings (SSSR count). The monoisotopic (exact) mass is 508 g/mol. The minimum atomic E-state index is 0.696. The Bertz CT molecular complexity index is 1420. The fourth-order valence-corrected chi connectivity index (χ4v) is 4.17. The summed E-state index contributed by atoms with van der Waals surface area (Å²) in [6.45, 7) is 0. The minimum absolute atomic E-state index is 0.696. The van der Waals surface area contributed by atoms with Gasteiger partial charge >= 0.3 is 0 Å². The second-order valence-corrected chi connectivity index (χ2v) is 8.46. The highest BCUT2D eigenvalue weighted by Gasteiger charge is 2.18. The fraction of sp³-hybridized carbons (Fsp3) is 0.152. The number of methoxy groups -OCH3 is 5. The normalized spacial score (nSPS) is 11.3. The lowest BCUT2D eigenvalue weighted by molar-refractivity contribution is 0.393. The molecule has 0 fully saturated rings. The van der Waals surface area contributed by atoms with Crippen LogP contribution in [0.4, 0.5) is 0 Å². The molecule has 0 amide bonds. The maximum absolute atomic E-state index is 5.92. The predicted molar refractivity (Wildman–Crippen MR) is 154 cm³/mol. The molecule has 38 heavy (non-hydrogen) atoms. The van der Waals surface area contributed by atoms with Crippen LogP contribution in [-0.2, 0) is 0 Å². The Kier molecular flexibility index (Phi) is 8.73. The van der Waals surface area contributed by atoms with Gasteiger partial charge in [-0.2, -0.15) is 0 Å². The molecule has 5 nitrogen and oxygen atoms in total. The molecule has 0 aliphatic rings. The number of benzene rings is 4. The van der Waals surface area contributed by atoms with Crippen LogP contribution in [0, 0.1) is 0 Å². The summed E-state index contributed by atoms with van der Waals surface area (Å²) < 4.78 is 27.7. The molecular weight excluding hydrogens is 476 g/mol. The van der Waals surface area contributed by atoms with Crippen molar-refractivity contribution in [2.45, 2.75) is 0 Å². The number of ether oxygens (including phenoxy) is 5. The molecule has 0 aliphatic heterocycles. The summed E-state index contributed by atoms with van der Waals surface area (Å²) in [4.78, 5) is 0. The lowest BCUT2D eigenvalue weighted by Gasteiger charge is -2.18. The molecule has 5 heteroatoms. The molecule has 0 heterocycles. The Morgan fingerprint density at radius 3 is 1.71 bits per heavy atom. The largest absolute Gasteiger partial charge is 0.497 e. The van der Waals surface area contributed by atoms with E-state index >= 15 is 0 Å². The fourth-order valence-electron chi connectivity index (χ4n) is 4.17. The van der Waals surface area contributed by atoms with Gasteiger partial charge in [-0.05, 0) is 76.4 Å². The van der Waals surface area contributed by atoms with Crippen molar-refractivity contribution in [3.8, 4) is 28.7 Å². The highest BCUT2D eigenvalue weighted by molar-refractivity contribution is 5.97. The molecule has 0 spiro atoms. The molecule has 0 aliphatic carbocycles. The molecule has 0 unspecified atom stereocenters. The molecule has 0 bridgehead atoms. The van der Waals surface area contributed by atoms with Crippen molar-refractivity contribution in [2.24, 2.45) is 0 Å². The molecule has 0 N–H and O–H groups in total. The first-order valence-electron chi connectivity index (χ1n) is 12.2. The van der Waals surface area contributed by atoms with Crippen LogP contribution in [0.1, 0.15) is 27.8 Å². The average molecular weight is 509 g/mol. The van der Waals surface area contributed by atoms with E-state index in [4.69, 9.17) is 23.7 Å². The Morgan fingerprint density at radius 2 is 1.13 bits per heavy atom. The number of rotatable bonds is 10. The van der Waals surface area contributed by atoms with Crippen LogP contribution in [0.25, 0.3) is 23.8 Å². The lowest BCUT2D eigenvalue weighted by Crippen LogP contribution is -1.99. The van der Waals surface area contributed by atoms with Gasteiger partial charge in [0.25, 0.3) is 0 Å². The van der Waals surface area contributed by atoms with Gasteiger partial charge in [-0.3, -0.25) is 0 Å². The summed E-state index contributed by atoms with van der Waals surface area (Å²) in [6, 6.07) is 27.8. The van der Waals surface area contributed by atoms with Gasteiger partial charge in [0, 0.05) is 11.6 Å². The van der Waals surface area contributed by atoms with Crippen molar-refractivity contribution in [2.75, 3.05) is 35.5 Å². The topological polar surface area (TPSA) is 46.2 Å². The van der Waals surface area contributed by atoms with Crippen LogP contribution in [0.3, 0.4) is 0 Å². The van der Waals surface area contributed by atoms with Crippen LogP contribution in [0.2, 0.25) is 0 Å². The van der Waals surface area contributed by atoms with Gasteiger partial charge in [-0.15, -0.1) is 0 Å². The van der Waals surface area contributed by atoms with Crippen molar-refractivity contribution in [3.63, 3.8) is 0 Å². The van der Waals surface area contributed by atoms with Crippen LogP contribution < -0.4 is 23.7 Å². The molecule has 0 radical (unpaired) electrons. The van der Waals surface area contributed by atoms with Gasteiger partial charge in [-0.25, -0.2) is 0 Å². The number of hydrogen-bond donors (Lipinski definition) is 0. The van der Waals surface area contributed by atoms with Crippen molar-refractivity contribution < 1.29 is 23.7 Å². The van der Waals surface area contributed by atoms with Crippen molar-refractivity contribution >= 4 is 23.8 Å². The first kappa shape index (κ1) is 26.4. The Balaban J connectivity index is 1.93. The summed E-state index contributed by atoms with van der Waals surface area (Å²) in [5.74, 6) is 3.78. The zero-order valence-corrected chi connectivity index (χ0v) is 22.4. The SMILES string of the molecule is COc1ccc(/C=C/c2cc(OC)cc(OC)c2/C(=C/c2ccc(OC)cc2)c2cccc(OC)c2)cc1. The zero-order chi connectivity index (χ0) is 26.9. The van der Waals surface area contributed by atoms with E-state index in [0.29, 0.717) is 11.5 Å². The van der Waals surface area contributed by atoms with E-state index < -0.39 is 0 Å². The first-order chi connectivity index (χ1) is 18.6. The minimum Gasteiger partial charge on any atom is -0.497 e. The van der Waals surface area contributed by atoms with Crippen LogP contribution >= 0.6 is 0 Å². The predicted octanol–water partition coefficient (Wildman–Crippen LogP) is 7.49. The van der Waals surface area contributed by atoms with E-state index in [1.807, 2.05) is 78.9 Å². The lowest BCUT2D eigenvalue weighted by atomic mass is 9.90. The maximum atomic E-state index is 5.92. The van der Waals surface area contributed by atoms with Crippen LogP contribution in [0.5, 0.6) is 28.7 Å². The molecule has 4 aromatic carbocycles. The molecule has 0 aromatic heterocycles. The molecule has 0 saturated heterocycles. The Labute approximate surface area is 224 Å². The maximum Gasteiger partial charge on any atom is 0.131 e. The summed E-state index contributed by atoms with van der Waals surface area (Å²) in [6.07, 6.45) is 6.28. The van der Waals surface area contributed by atoms with E-state index in [0.717, 1.165) is 50.6 Å². The highest BCUT2D eigenvalue weighted by atomic mass is 16.5.